The van der Waals surface area contributed by atoms with E-state index >= 15 is 0 Å². The Balaban J connectivity index is 0.000000889. The summed E-state index contributed by atoms with van der Waals surface area (Å²) in [5, 5.41) is 5.05. The van der Waals surface area contributed by atoms with Gasteiger partial charge in [-0.25, -0.2) is 0 Å². The molecule has 2 aromatic rings. The Labute approximate surface area is 245 Å². The van der Waals surface area contributed by atoms with Gasteiger partial charge in [0.25, 0.3) is 5.91 Å². The van der Waals surface area contributed by atoms with Gasteiger partial charge in [0.2, 0.25) is 0 Å². The smallest absolute Gasteiger partial charge is 0.380 e. The van der Waals surface area contributed by atoms with E-state index in [-0.39, 0.29) is 17.3 Å². The van der Waals surface area contributed by atoms with E-state index in [0.29, 0.717) is 19.8 Å². The molecule has 1 N–H and O–H groups in total. The maximum atomic E-state index is 12.4. The van der Waals surface area contributed by atoms with E-state index < -0.39 is 11.7 Å². The molecule has 7 heteroatoms. The summed E-state index contributed by atoms with van der Waals surface area (Å²) in [7, 11) is 0. The van der Waals surface area contributed by atoms with Gasteiger partial charge in [-0.1, -0.05) is 84.2 Å². The van der Waals surface area contributed by atoms with Crippen molar-refractivity contribution < 1.29 is 27.5 Å². The molecular weight excluding hydrogens is 527 g/mol. The molecule has 0 bridgehead atoms. The van der Waals surface area contributed by atoms with Crippen LogP contribution in [0.1, 0.15) is 112 Å². The third-order valence-electron chi connectivity index (χ3n) is 6.52. The first-order chi connectivity index (χ1) is 19.5. The second-order valence-corrected chi connectivity index (χ2v) is 9.62. The highest BCUT2D eigenvalue weighted by molar-refractivity contribution is 5.95. The minimum absolute atomic E-state index is 0.0355. The van der Waals surface area contributed by atoms with Crippen LogP contribution in [0, 0.1) is 12.8 Å². The molecule has 0 aliphatic heterocycles. The Morgan fingerprint density at radius 1 is 0.976 bits per heavy atom. The van der Waals surface area contributed by atoms with Crippen LogP contribution in [0.4, 0.5) is 13.2 Å². The lowest BCUT2D eigenvalue weighted by atomic mass is 9.93. The van der Waals surface area contributed by atoms with E-state index in [9.17, 15) is 22.8 Å². The fourth-order valence-corrected chi connectivity index (χ4v) is 4.40. The standard InChI is InChI=1S/C23H37NO2.C9H7F3O.C2H6/c1-6-10-20(11-7-2)12-9-13-21-18(4)14-15-22(19(21)5)23(25)24-16-17-26-8-3;1-6(13)7-2-4-8(5-3-7)9(10,11)12;1-2/h13-15,20H,4,6-12,16-17H2,1-3,5H3,(H,24,25);2-5H,1H3;1-2H3/b21-13+;;. The first kappa shape index (κ1) is 38.1. The minimum Gasteiger partial charge on any atom is -0.380 e. The number of carbonyl (C=O) groups excluding carboxylic acids is 2. The molecule has 2 rings (SSSR count). The van der Waals surface area contributed by atoms with Crippen molar-refractivity contribution in [3.63, 3.8) is 0 Å². The number of carbonyl (C=O) groups is 2. The Hall–Kier alpha value is -2.93. The van der Waals surface area contributed by atoms with Crippen LogP contribution in [-0.2, 0) is 10.9 Å². The van der Waals surface area contributed by atoms with Crippen molar-refractivity contribution in [2.24, 2.45) is 5.92 Å². The summed E-state index contributed by atoms with van der Waals surface area (Å²) in [4.78, 5) is 23.2. The molecule has 0 saturated carbocycles. The van der Waals surface area contributed by atoms with Gasteiger partial charge in [-0.3, -0.25) is 9.59 Å². The SMILES string of the molecule is C=c1ccc(C(=O)NCCOCC)c(C)/c1=C/CCC(CCC)CCC.CC.CC(=O)c1ccc(C(F)(F)F)cc1. The summed E-state index contributed by atoms with van der Waals surface area (Å²) in [5.74, 6) is 0.528. The summed E-state index contributed by atoms with van der Waals surface area (Å²) < 4.78 is 41.4. The second kappa shape index (κ2) is 20.9. The fraction of sp³-hybridized carbons (Fsp3) is 0.529. The van der Waals surface area contributed by atoms with Crippen LogP contribution in [0.5, 0.6) is 0 Å². The third-order valence-corrected chi connectivity index (χ3v) is 6.52. The van der Waals surface area contributed by atoms with Crippen molar-refractivity contribution in [1.82, 2.24) is 5.32 Å². The molecule has 0 aromatic heterocycles. The Kier molecular flexibility index (Phi) is 19.4. The van der Waals surface area contributed by atoms with Crippen LogP contribution in [0.15, 0.2) is 36.4 Å². The lowest BCUT2D eigenvalue weighted by Crippen LogP contribution is -2.33. The van der Waals surface area contributed by atoms with E-state index in [1.54, 1.807) is 0 Å². The van der Waals surface area contributed by atoms with Gasteiger partial charge in [-0.05, 0) is 73.7 Å². The number of nitrogens with one attached hydrogen (secondary N) is 1. The normalized spacial score (nSPS) is 11.3. The zero-order valence-corrected chi connectivity index (χ0v) is 26.0. The van der Waals surface area contributed by atoms with Gasteiger partial charge in [0.1, 0.15) is 0 Å². The summed E-state index contributed by atoms with van der Waals surface area (Å²) in [6.07, 6.45) is 5.31. The highest BCUT2D eigenvalue weighted by atomic mass is 19.4. The van der Waals surface area contributed by atoms with E-state index in [1.807, 2.05) is 39.8 Å². The monoisotopic (exact) mass is 577 g/mol. The zero-order valence-electron chi connectivity index (χ0n) is 26.0. The van der Waals surface area contributed by atoms with Crippen LogP contribution >= 0.6 is 0 Å². The molecule has 1 amide bonds. The van der Waals surface area contributed by atoms with Gasteiger partial charge >= 0.3 is 6.18 Å². The number of rotatable bonds is 13. The van der Waals surface area contributed by atoms with Crippen LogP contribution in [0.3, 0.4) is 0 Å². The van der Waals surface area contributed by atoms with Crippen molar-refractivity contribution >= 4 is 24.3 Å². The Morgan fingerprint density at radius 3 is 2.05 bits per heavy atom. The lowest BCUT2D eigenvalue weighted by molar-refractivity contribution is -0.137. The summed E-state index contributed by atoms with van der Waals surface area (Å²) in [6.45, 7) is 19.7. The highest BCUT2D eigenvalue weighted by Gasteiger charge is 2.30. The Morgan fingerprint density at radius 2 is 1.56 bits per heavy atom. The van der Waals surface area contributed by atoms with Crippen LogP contribution in [0.2, 0.25) is 0 Å². The number of benzene rings is 2. The molecule has 0 saturated heterocycles. The van der Waals surface area contributed by atoms with Gasteiger partial charge < -0.3 is 10.1 Å². The average Bonchev–Trinajstić information content (AvgIpc) is 2.94. The largest absolute Gasteiger partial charge is 0.416 e. The molecule has 2 aromatic carbocycles. The summed E-state index contributed by atoms with van der Waals surface area (Å²) in [5.41, 5.74) is 1.30. The van der Waals surface area contributed by atoms with Crippen LogP contribution < -0.4 is 15.8 Å². The maximum Gasteiger partial charge on any atom is 0.416 e. The van der Waals surface area contributed by atoms with Crippen LogP contribution in [0.25, 0.3) is 12.7 Å². The number of alkyl halides is 3. The Bertz CT molecular complexity index is 1140. The van der Waals surface area contributed by atoms with Gasteiger partial charge in [0, 0.05) is 24.3 Å². The lowest BCUT2D eigenvalue weighted by Gasteiger charge is -2.13. The predicted octanol–water partition coefficient (Wildman–Crippen LogP) is 7.88. The van der Waals surface area contributed by atoms with E-state index in [2.05, 4.69) is 31.8 Å². The van der Waals surface area contributed by atoms with Gasteiger partial charge in [-0.2, -0.15) is 13.2 Å². The molecule has 41 heavy (non-hydrogen) atoms. The number of hydrogen-bond acceptors (Lipinski definition) is 3. The zero-order chi connectivity index (χ0) is 31.4. The number of amides is 1. The average molecular weight is 578 g/mol. The van der Waals surface area contributed by atoms with Crippen molar-refractivity contribution in [2.75, 3.05) is 19.8 Å². The second-order valence-electron chi connectivity index (χ2n) is 9.62. The fourth-order valence-electron chi connectivity index (χ4n) is 4.40. The predicted molar refractivity (Wildman–Crippen MR) is 165 cm³/mol. The van der Waals surface area contributed by atoms with Crippen LogP contribution in [-0.4, -0.2) is 31.4 Å². The number of Topliss-reactive ketones (excluding diaryl/α,β-unsaturated/α-hetero) is 1. The van der Waals surface area contributed by atoms with Crippen molar-refractivity contribution in [1.29, 1.82) is 0 Å². The topological polar surface area (TPSA) is 55.4 Å². The molecule has 0 heterocycles. The van der Waals surface area contributed by atoms with Crippen molar-refractivity contribution in [3.05, 3.63) is 69.1 Å². The molecule has 0 aliphatic rings. The maximum absolute atomic E-state index is 12.4. The summed E-state index contributed by atoms with van der Waals surface area (Å²) in [6, 6.07) is 7.97. The van der Waals surface area contributed by atoms with Crippen molar-refractivity contribution in [2.45, 2.75) is 93.2 Å². The number of halogens is 3. The molecule has 4 nitrogen and oxygen atoms in total. The van der Waals surface area contributed by atoms with Gasteiger partial charge in [0.05, 0.1) is 12.2 Å². The number of ketones is 1. The van der Waals surface area contributed by atoms with Crippen molar-refractivity contribution in [3.8, 4) is 0 Å². The molecule has 0 fully saturated rings. The molecule has 230 valence electrons. The molecule has 0 atom stereocenters. The highest BCUT2D eigenvalue weighted by Crippen LogP contribution is 2.29. The molecule has 0 spiro atoms. The van der Waals surface area contributed by atoms with E-state index in [1.165, 1.54) is 51.2 Å². The quantitative estimate of drug-likeness (QED) is 0.195. The molecule has 0 radical (unpaired) electrons. The first-order valence-corrected chi connectivity index (χ1v) is 14.8. The minimum atomic E-state index is -4.34. The first-order valence-electron chi connectivity index (χ1n) is 14.8. The molecule has 0 aliphatic carbocycles. The number of hydrogen-bond donors (Lipinski definition) is 1. The van der Waals surface area contributed by atoms with E-state index in [0.717, 1.165) is 46.0 Å². The number of ether oxygens (including phenoxy) is 1. The van der Waals surface area contributed by atoms with E-state index in [4.69, 9.17) is 4.74 Å². The molecule has 0 unspecified atom stereocenters. The van der Waals surface area contributed by atoms with Gasteiger partial charge in [0.15, 0.2) is 5.78 Å². The van der Waals surface area contributed by atoms with Gasteiger partial charge in [-0.15, -0.1) is 0 Å². The summed E-state index contributed by atoms with van der Waals surface area (Å²) >= 11 is 0. The molecular formula is C34H50F3NO3. The third kappa shape index (κ3) is 14.5.